The van der Waals surface area contributed by atoms with Gasteiger partial charge in [-0.25, -0.2) is 14.2 Å². The number of nitrogens with one attached hydrogen (secondary N) is 1. The summed E-state index contributed by atoms with van der Waals surface area (Å²) in [5.74, 6) is 2.32. The molecule has 0 bridgehead atoms. The van der Waals surface area contributed by atoms with Crippen LogP contribution in [0, 0.1) is 17.7 Å². The van der Waals surface area contributed by atoms with E-state index in [0.29, 0.717) is 11.3 Å². The van der Waals surface area contributed by atoms with Crippen LogP contribution in [0.3, 0.4) is 0 Å². The minimum atomic E-state index is -5.03. The Labute approximate surface area is 146 Å². The van der Waals surface area contributed by atoms with Crippen molar-refractivity contribution in [3.8, 4) is 11.8 Å². The molecule has 0 aliphatic carbocycles. The predicted octanol–water partition coefficient (Wildman–Crippen LogP) is 2.45. The summed E-state index contributed by atoms with van der Waals surface area (Å²) in [6.07, 6.45) is -4.93. The molecule has 0 saturated carbocycles. The second-order valence-electron chi connectivity index (χ2n) is 5.69. The van der Waals surface area contributed by atoms with Gasteiger partial charge in [-0.2, -0.15) is 13.2 Å². The van der Waals surface area contributed by atoms with Crippen molar-refractivity contribution in [2.75, 3.05) is 6.54 Å². The fraction of sp³-hybridized carbons (Fsp3) is 0.438. The maximum atomic E-state index is 13.6. The minimum Gasteiger partial charge on any atom is -0.465 e. The van der Waals surface area contributed by atoms with E-state index < -0.39 is 36.1 Å². The van der Waals surface area contributed by atoms with Crippen molar-refractivity contribution in [1.29, 1.82) is 0 Å². The molecule has 0 radical (unpaired) electrons. The molecule has 26 heavy (non-hydrogen) atoms. The Morgan fingerprint density at radius 1 is 1.46 bits per heavy atom. The van der Waals surface area contributed by atoms with Crippen LogP contribution in [0.25, 0.3) is 0 Å². The molecule has 1 saturated heterocycles. The Morgan fingerprint density at radius 3 is 2.77 bits per heavy atom. The van der Waals surface area contributed by atoms with Crippen LogP contribution in [0.4, 0.5) is 22.4 Å². The summed E-state index contributed by atoms with van der Waals surface area (Å²) in [5, 5.41) is 10.7. The summed E-state index contributed by atoms with van der Waals surface area (Å²) in [7, 11) is 0. The second kappa shape index (κ2) is 7.59. The second-order valence-corrected chi connectivity index (χ2v) is 5.69. The van der Waals surface area contributed by atoms with Gasteiger partial charge in [0.05, 0.1) is 18.3 Å². The number of likely N-dealkylation sites (tertiary alicyclic amines) is 1. The number of carboxylic acid groups (broad SMARTS) is 1. The molecular weight excluding hydrogens is 358 g/mol. The number of carbonyl (C=O) groups excluding carboxylic acids is 1. The lowest BCUT2D eigenvalue weighted by molar-refractivity contribution is -0.186. The molecule has 1 aromatic heterocycles. The summed E-state index contributed by atoms with van der Waals surface area (Å²) in [4.78, 5) is 26.6. The highest BCUT2D eigenvalue weighted by Crippen LogP contribution is 2.36. The first kappa shape index (κ1) is 19.5. The molecule has 1 aliphatic rings. The van der Waals surface area contributed by atoms with E-state index in [2.05, 4.69) is 22.1 Å². The number of carbonyl (C=O) groups is 2. The number of halogens is 4. The lowest BCUT2D eigenvalue weighted by Gasteiger charge is -2.26. The minimum absolute atomic E-state index is 0.00249. The van der Waals surface area contributed by atoms with E-state index in [9.17, 15) is 27.2 Å². The standard InChI is InChI=1S/C16H15F4N3O3/c1-9(22-15(25)26)4-5-12-11(7-10(17)8-21-12)13-3-2-6-23(13)14(24)16(18,19)20/h7-9,13,22H,2-3,6H2,1H3,(H,25,26). The molecule has 2 rings (SSSR count). The zero-order chi connectivity index (χ0) is 19.5. The monoisotopic (exact) mass is 373 g/mol. The molecular formula is C16H15F4N3O3. The summed E-state index contributed by atoms with van der Waals surface area (Å²) >= 11 is 0. The van der Waals surface area contributed by atoms with Gasteiger partial charge in [0.2, 0.25) is 0 Å². The van der Waals surface area contributed by atoms with Crippen LogP contribution in [0.15, 0.2) is 12.3 Å². The Bertz CT molecular complexity index is 770. The van der Waals surface area contributed by atoms with Crippen molar-refractivity contribution < 1.29 is 32.3 Å². The van der Waals surface area contributed by atoms with E-state index in [1.807, 2.05) is 0 Å². The van der Waals surface area contributed by atoms with Crippen LogP contribution < -0.4 is 5.32 Å². The van der Waals surface area contributed by atoms with Crippen molar-refractivity contribution in [2.45, 2.75) is 38.0 Å². The van der Waals surface area contributed by atoms with Gasteiger partial charge in [0.15, 0.2) is 0 Å². The first-order valence-corrected chi connectivity index (χ1v) is 7.64. The van der Waals surface area contributed by atoms with Crippen molar-refractivity contribution >= 4 is 12.0 Å². The molecule has 1 aromatic rings. The number of nitrogens with zero attached hydrogens (tertiary/aromatic N) is 2. The molecule has 140 valence electrons. The van der Waals surface area contributed by atoms with E-state index >= 15 is 0 Å². The average molecular weight is 373 g/mol. The lowest BCUT2D eigenvalue weighted by atomic mass is 10.0. The molecule has 2 N–H and O–H groups in total. The van der Waals surface area contributed by atoms with Gasteiger partial charge >= 0.3 is 18.2 Å². The van der Waals surface area contributed by atoms with Gasteiger partial charge < -0.3 is 15.3 Å². The highest BCUT2D eigenvalue weighted by atomic mass is 19.4. The molecule has 2 atom stereocenters. The maximum absolute atomic E-state index is 13.6. The van der Waals surface area contributed by atoms with Gasteiger partial charge in [-0.1, -0.05) is 5.92 Å². The smallest absolute Gasteiger partial charge is 0.465 e. The Hall–Kier alpha value is -2.83. The Kier molecular flexibility index (Phi) is 5.69. The number of pyridine rings is 1. The van der Waals surface area contributed by atoms with E-state index in [4.69, 9.17) is 5.11 Å². The van der Waals surface area contributed by atoms with Gasteiger partial charge in [0.1, 0.15) is 11.5 Å². The molecule has 0 spiro atoms. The molecule has 2 heterocycles. The van der Waals surface area contributed by atoms with Gasteiger partial charge in [-0.15, -0.1) is 0 Å². The number of rotatable bonds is 2. The quantitative estimate of drug-likeness (QED) is 0.616. The molecule has 2 unspecified atom stereocenters. The zero-order valence-corrected chi connectivity index (χ0v) is 13.6. The van der Waals surface area contributed by atoms with Gasteiger partial charge in [0.25, 0.3) is 0 Å². The van der Waals surface area contributed by atoms with Crippen molar-refractivity contribution in [3.63, 3.8) is 0 Å². The summed E-state index contributed by atoms with van der Waals surface area (Å²) in [6, 6.07) is -0.776. The van der Waals surface area contributed by atoms with Crippen LogP contribution in [-0.4, -0.2) is 45.8 Å². The van der Waals surface area contributed by atoms with Gasteiger partial charge in [-0.3, -0.25) is 4.79 Å². The van der Waals surface area contributed by atoms with E-state index in [-0.39, 0.29) is 24.2 Å². The number of amides is 2. The summed E-state index contributed by atoms with van der Waals surface area (Å²) < 4.78 is 51.9. The number of hydrogen-bond acceptors (Lipinski definition) is 3. The summed E-state index contributed by atoms with van der Waals surface area (Å²) in [5.41, 5.74) is 0.0624. The molecule has 2 amide bonds. The van der Waals surface area contributed by atoms with Crippen LogP contribution in [0.5, 0.6) is 0 Å². The first-order valence-electron chi connectivity index (χ1n) is 7.64. The van der Waals surface area contributed by atoms with Crippen LogP contribution >= 0.6 is 0 Å². The van der Waals surface area contributed by atoms with E-state index in [1.165, 1.54) is 6.92 Å². The third kappa shape index (κ3) is 4.62. The van der Waals surface area contributed by atoms with Crippen LogP contribution in [0.1, 0.15) is 37.1 Å². The summed E-state index contributed by atoms with van der Waals surface area (Å²) in [6.45, 7) is 1.35. The van der Waals surface area contributed by atoms with Crippen molar-refractivity contribution in [1.82, 2.24) is 15.2 Å². The predicted molar refractivity (Wildman–Crippen MR) is 81.4 cm³/mol. The zero-order valence-electron chi connectivity index (χ0n) is 13.6. The normalized spacial score (nSPS) is 18.0. The maximum Gasteiger partial charge on any atom is 0.471 e. The molecule has 0 aromatic carbocycles. The molecule has 10 heteroatoms. The highest BCUT2D eigenvalue weighted by Gasteiger charge is 2.46. The SMILES string of the molecule is CC(C#Cc1ncc(F)cc1C1CCCN1C(=O)C(F)(F)F)NC(=O)O. The number of alkyl halides is 3. The Morgan fingerprint density at radius 2 is 2.15 bits per heavy atom. The fourth-order valence-corrected chi connectivity index (χ4v) is 2.71. The van der Waals surface area contributed by atoms with Crippen LogP contribution in [-0.2, 0) is 4.79 Å². The fourth-order valence-electron chi connectivity index (χ4n) is 2.71. The average Bonchev–Trinajstić information content (AvgIpc) is 3.00. The lowest BCUT2D eigenvalue weighted by Crippen LogP contribution is -2.40. The van der Waals surface area contributed by atoms with E-state index in [1.54, 1.807) is 0 Å². The number of hydrogen-bond donors (Lipinski definition) is 2. The third-order valence-electron chi connectivity index (χ3n) is 3.75. The molecule has 1 aliphatic heterocycles. The third-order valence-corrected chi connectivity index (χ3v) is 3.75. The van der Waals surface area contributed by atoms with Gasteiger partial charge in [0, 0.05) is 12.1 Å². The van der Waals surface area contributed by atoms with Crippen molar-refractivity contribution in [2.24, 2.45) is 0 Å². The molecule has 6 nitrogen and oxygen atoms in total. The largest absolute Gasteiger partial charge is 0.471 e. The Balaban J connectivity index is 2.37. The number of aromatic nitrogens is 1. The van der Waals surface area contributed by atoms with E-state index in [0.717, 1.165) is 12.3 Å². The van der Waals surface area contributed by atoms with Crippen molar-refractivity contribution in [3.05, 3.63) is 29.3 Å². The van der Waals surface area contributed by atoms with Crippen LogP contribution in [0.2, 0.25) is 0 Å². The van der Waals surface area contributed by atoms with Gasteiger partial charge in [-0.05, 0) is 31.8 Å². The first-order chi connectivity index (χ1) is 12.1. The molecule has 1 fully saturated rings. The topological polar surface area (TPSA) is 82.5 Å². The highest BCUT2D eigenvalue weighted by molar-refractivity contribution is 5.82.